The Morgan fingerprint density at radius 3 is 2.53 bits per heavy atom. The molecular formula is C10H12N2O2S. The molecule has 1 aromatic carbocycles. The van der Waals surface area contributed by atoms with Gasteiger partial charge in [0, 0.05) is 13.0 Å². The highest BCUT2D eigenvalue weighted by Gasteiger charge is 2.17. The van der Waals surface area contributed by atoms with Crippen LogP contribution in [0.4, 0.5) is 0 Å². The average Bonchev–Trinajstić information content (AvgIpc) is 2.71. The summed E-state index contributed by atoms with van der Waals surface area (Å²) < 4.78 is 26.1. The third kappa shape index (κ3) is 2.36. The molecule has 1 aliphatic rings. The summed E-state index contributed by atoms with van der Waals surface area (Å²) in [7, 11) is -3.42. The summed E-state index contributed by atoms with van der Waals surface area (Å²) in [5.74, 6) is 0.568. The number of sulfonamides is 1. The summed E-state index contributed by atoms with van der Waals surface area (Å²) in [4.78, 5) is 4.35. The number of benzene rings is 1. The Kier molecular flexibility index (Phi) is 2.73. The molecule has 0 spiro atoms. The minimum atomic E-state index is -3.42. The number of hydrogen-bond donors (Lipinski definition) is 1. The van der Waals surface area contributed by atoms with E-state index in [-0.39, 0.29) is 4.90 Å². The highest BCUT2D eigenvalue weighted by atomic mass is 32.2. The van der Waals surface area contributed by atoms with Crippen LogP contribution >= 0.6 is 0 Å². The number of rotatable bonds is 2. The van der Waals surface area contributed by atoms with Gasteiger partial charge in [0.25, 0.3) is 10.0 Å². The molecule has 0 saturated carbocycles. The van der Waals surface area contributed by atoms with E-state index < -0.39 is 10.0 Å². The molecule has 1 N–H and O–H groups in total. The van der Waals surface area contributed by atoms with Gasteiger partial charge in [0.1, 0.15) is 5.84 Å². The summed E-state index contributed by atoms with van der Waals surface area (Å²) in [6, 6.07) is 8.32. The molecule has 0 saturated heterocycles. The van der Waals surface area contributed by atoms with Crippen molar-refractivity contribution in [2.24, 2.45) is 4.99 Å². The number of aliphatic imine (C=N–C) groups is 1. The molecular weight excluding hydrogens is 212 g/mol. The Balaban J connectivity index is 2.21. The Hall–Kier alpha value is -1.36. The van der Waals surface area contributed by atoms with Crippen LogP contribution in [0.1, 0.15) is 12.8 Å². The quantitative estimate of drug-likeness (QED) is 0.819. The van der Waals surface area contributed by atoms with E-state index in [4.69, 9.17) is 0 Å². The third-order valence-electron chi connectivity index (χ3n) is 2.18. The summed E-state index contributed by atoms with van der Waals surface area (Å²) in [6.07, 6.45) is 1.64. The van der Waals surface area contributed by atoms with Crippen molar-refractivity contribution in [3.63, 3.8) is 0 Å². The largest absolute Gasteiger partial charge is 0.272 e. The SMILES string of the molecule is O=S(=O)(NC1=NCCC1)c1ccccc1. The Morgan fingerprint density at radius 2 is 1.93 bits per heavy atom. The van der Waals surface area contributed by atoms with Crippen LogP contribution in [0.5, 0.6) is 0 Å². The summed E-state index contributed by atoms with van der Waals surface area (Å²) in [5, 5.41) is 0. The lowest BCUT2D eigenvalue weighted by molar-refractivity contribution is 0.592. The van der Waals surface area contributed by atoms with E-state index in [1.165, 1.54) is 0 Å². The van der Waals surface area contributed by atoms with Gasteiger partial charge in [-0.05, 0) is 18.6 Å². The van der Waals surface area contributed by atoms with Gasteiger partial charge in [-0.1, -0.05) is 18.2 Å². The van der Waals surface area contributed by atoms with Crippen molar-refractivity contribution in [1.29, 1.82) is 0 Å². The average molecular weight is 224 g/mol. The molecule has 0 radical (unpaired) electrons. The van der Waals surface area contributed by atoms with Gasteiger partial charge in [-0.15, -0.1) is 0 Å². The number of hydrogen-bond acceptors (Lipinski definition) is 3. The van der Waals surface area contributed by atoms with E-state index in [1.54, 1.807) is 30.3 Å². The summed E-state index contributed by atoms with van der Waals surface area (Å²) >= 11 is 0. The molecule has 80 valence electrons. The predicted octanol–water partition coefficient (Wildman–Crippen LogP) is 1.16. The van der Waals surface area contributed by atoms with Crippen molar-refractivity contribution >= 4 is 15.9 Å². The van der Waals surface area contributed by atoms with Crippen LogP contribution in [0, 0.1) is 0 Å². The fourth-order valence-corrected chi connectivity index (χ4v) is 2.55. The second kappa shape index (κ2) is 4.02. The zero-order valence-electron chi connectivity index (χ0n) is 8.18. The highest BCUT2D eigenvalue weighted by molar-refractivity contribution is 7.90. The second-order valence-corrected chi connectivity index (χ2v) is 5.03. The van der Waals surface area contributed by atoms with Crippen LogP contribution in [-0.2, 0) is 10.0 Å². The second-order valence-electron chi connectivity index (χ2n) is 3.35. The van der Waals surface area contributed by atoms with Crippen LogP contribution in [-0.4, -0.2) is 20.8 Å². The summed E-state index contributed by atoms with van der Waals surface area (Å²) in [5.41, 5.74) is 0. The number of amidine groups is 1. The van der Waals surface area contributed by atoms with Crippen LogP contribution in [0.15, 0.2) is 40.2 Å². The Bertz CT molecular complexity index is 465. The van der Waals surface area contributed by atoms with Crippen molar-refractivity contribution in [2.75, 3.05) is 6.54 Å². The maximum Gasteiger partial charge on any atom is 0.262 e. The molecule has 15 heavy (non-hydrogen) atoms. The molecule has 2 rings (SSSR count). The van der Waals surface area contributed by atoms with E-state index in [2.05, 4.69) is 9.71 Å². The lowest BCUT2D eigenvalue weighted by Gasteiger charge is -2.06. The zero-order valence-corrected chi connectivity index (χ0v) is 9.00. The van der Waals surface area contributed by atoms with E-state index in [0.29, 0.717) is 18.8 Å². The fraction of sp³-hybridized carbons (Fsp3) is 0.300. The first-order chi connectivity index (χ1) is 7.18. The number of nitrogens with zero attached hydrogens (tertiary/aromatic N) is 1. The van der Waals surface area contributed by atoms with Crippen LogP contribution in [0.25, 0.3) is 0 Å². The standard InChI is InChI=1S/C10H12N2O2S/c13-15(14,9-5-2-1-3-6-9)12-10-7-4-8-11-10/h1-3,5-6H,4,7-8H2,(H,11,12). The Morgan fingerprint density at radius 1 is 1.20 bits per heavy atom. The molecule has 0 aliphatic carbocycles. The van der Waals surface area contributed by atoms with Crippen molar-refractivity contribution in [3.05, 3.63) is 30.3 Å². The van der Waals surface area contributed by atoms with E-state index >= 15 is 0 Å². The van der Waals surface area contributed by atoms with E-state index in [0.717, 1.165) is 6.42 Å². The zero-order chi connectivity index (χ0) is 10.7. The maximum atomic E-state index is 11.8. The van der Waals surface area contributed by atoms with Gasteiger partial charge in [0.2, 0.25) is 0 Å². The molecule has 4 nitrogen and oxygen atoms in total. The van der Waals surface area contributed by atoms with Crippen LogP contribution in [0.3, 0.4) is 0 Å². The van der Waals surface area contributed by atoms with Gasteiger partial charge < -0.3 is 0 Å². The molecule has 0 aromatic heterocycles. The first-order valence-corrected chi connectivity index (χ1v) is 6.28. The monoisotopic (exact) mass is 224 g/mol. The van der Waals surface area contributed by atoms with Gasteiger partial charge >= 0.3 is 0 Å². The lowest BCUT2D eigenvalue weighted by Crippen LogP contribution is -2.29. The molecule has 0 amide bonds. The maximum absolute atomic E-state index is 11.8. The van der Waals surface area contributed by atoms with E-state index in [9.17, 15) is 8.42 Å². The Labute approximate surface area is 89.1 Å². The first kappa shape index (κ1) is 10.2. The van der Waals surface area contributed by atoms with Gasteiger partial charge in [0.15, 0.2) is 0 Å². The molecule has 0 unspecified atom stereocenters. The first-order valence-electron chi connectivity index (χ1n) is 4.80. The van der Waals surface area contributed by atoms with Gasteiger partial charge in [-0.25, -0.2) is 8.42 Å². The number of nitrogens with one attached hydrogen (secondary N) is 1. The molecule has 5 heteroatoms. The van der Waals surface area contributed by atoms with Crippen LogP contribution in [0.2, 0.25) is 0 Å². The minimum absolute atomic E-state index is 0.277. The van der Waals surface area contributed by atoms with Gasteiger partial charge in [-0.3, -0.25) is 9.71 Å². The lowest BCUT2D eigenvalue weighted by atomic mass is 10.3. The topological polar surface area (TPSA) is 58.5 Å². The van der Waals surface area contributed by atoms with Crippen LogP contribution < -0.4 is 4.72 Å². The van der Waals surface area contributed by atoms with Crippen molar-refractivity contribution in [3.8, 4) is 0 Å². The molecule has 0 bridgehead atoms. The molecule has 0 atom stereocenters. The van der Waals surface area contributed by atoms with Gasteiger partial charge in [-0.2, -0.15) is 0 Å². The minimum Gasteiger partial charge on any atom is -0.272 e. The van der Waals surface area contributed by atoms with Gasteiger partial charge in [0.05, 0.1) is 4.90 Å². The molecule has 1 aliphatic heterocycles. The summed E-state index contributed by atoms with van der Waals surface area (Å²) in [6.45, 7) is 0.715. The normalized spacial score (nSPS) is 16.1. The smallest absolute Gasteiger partial charge is 0.262 e. The van der Waals surface area contributed by atoms with Crippen molar-refractivity contribution < 1.29 is 8.42 Å². The third-order valence-corrected chi connectivity index (χ3v) is 3.58. The fourth-order valence-electron chi connectivity index (χ4n) is 1.44. The van der Waals surface area contributed by atoms with Crippen molar-refractivity contribution in [2.45, 2.75) is 17.7 Å². The molecule has 1 aromatic rings. The predicted molar refractivity (Wildman–Crippen MR) is 58.3 cm³/mol. The molecule has 0 fully saturated rings. The highest BCUT2D eigenvalue weighted by Crippen LogP contribution is 2.09. The van der Waals surface area contributed by atoms with E-state index in [1.807, 2.05) is 0 Å². The van der Waals surface area contributed by atoms with Crippen molar-refractivity contribution in [1.82, 2.24) is 4.72 Å². The molecule has 1 heterocycles.